The summed E-state index contributed by atoms with van der Waals surface area (Å²) in [6, 6.07) is 2.01. The molecule has 0 aliphatic heterocycles. The first-order chi connectivity index (χ1) is 8.18. The third-order valence-corrected chi connectivity index (χ3v) is 4.79. The topological polar surface area (TPSA) is 43.1 Å². The van der Waals surface area contributed by atoms with Gasteiger partial charge in [0.25, 0.3) is 0 Å². The fourth-order valence-corrected chi connectivity index (χ4v) is 3.48. The van der Waals surface area contributed by atoms with Crippen molar-refractivity contribution in [2.45, 2.75) is 45.4 Å². The van der Waals surface area contributed by atoms with Crippen LogP contribution in [0.3, 0.4) is 0 Å². The van der Waals surface area contributed by atoms with Crippen LogP contribution in [0.5, 0.6) is 0 Å². The van der Waals surface area contributed by atoms with E-state index >= 15 is 0 Å². The van der Waals surface area contributed by atoms with E-state index in [0.29, 0.717) is 6.54 Å². The monoisotopic (exact) mass is 251 g/mol. The zero-order valence-corrected chi connectivity index (χ0v) is 11.3. The molecule has 1 aromatic rings. The highest BCUT2D eigenvalue weighted by Gasteiger charge is 2.37. The van der Waals surface area contributed by atoms with Crippen molar-refractivity contribution >= 4 is 17.1 Å². The minimum atomic E-state index is -0.274. The number of hydrogen-bond donors (Lipinski definition) is 1. The predicted octanol–water partition coefficient (Wildman–Crippen LogP) is 3.54. The number of nitrogens with two attached hydrogens (primary N) is 1. The quantitative estimate of drug-likeness (QED) is 0.659. The predicted molar refractivity (Wildman–Crippen MR) is 72.6 cm³/mol. The molecule has 1 aliphatic carbocycles. The molecular weight excluding hydrogens is 230 g/mol. The molecule has 0 atom stereocenters. The Bertz CT molecular complexity index is 389. The molecule has 0 radical (unpaired) electrons. The van der Waals surface area contributed by atoms with Gasteiger partial charge in [-0.1, -0.05) is 25.7 Å². The molecule has 2 rings (SSSR count). The maximum absolute atomic E-state index is 12.6. The lowest BCUT2D eigenvalue weighted by atomic mass is 9.75. The van der Waals surface area contributed by atoms with Crippen molar-refractivity contribution in [1.82, 2.24) is 0 Å². The summed E-state index contributed by atoms with van der Waals surface area (Å²) < 4.78 is 0. The van der Waals surface area contributed by atoms with Crippen molar-refractivity contribution in [3.8, 4) is 0 Å². The van der Waals surface area contributed by atoms with Crippen LogP contribution in [0, 0.1) is 12.3 Å². The largest absolute Gasteiger partial charge is 0.329 e. The first kappa shape index (κ1) is 12.8. The molecule has 0 spiro atoms. The summed E-state index contributed by atoms with van der Waals surface area (Å²) in [7, 11) is 0. The first-order valence-electron chi connectivity index (χ1n) is 6.48. The summed E-state index contributed by atoms with van der Waals surface area (Å²) >= 11 is 1.65. The smallest absolute Gasteiger partial charge is 0.171 e. The van der Waals surface area contributed by atoms with Crippen molar-refractivity contribution < 1.29 is 4.79 Å². The van der Waals surface area contributed by atoms with Crippen LogP contribution in [0.2, 0.25) is 0 Å². The van der Waals surface area contributed by atoms with E-state index in [9.17, 15) is 4.79 Å². The minimum Gasteiger partial charge on any atom is -0.329 e. The van der Waals surface area contributed by atoms with Crippen molar-refractivity contribution in [3.05, 3.63) is 21.9 Å². The Morgan fingerprint density at radius 3 is 2.47 bits per heavy atom. The number of aryl methyl sites for hydroxylation is 1. The Kier molecular flexibility index (Phi) is 4.00. The van der Waals surface area contributed by atoms with Crippen molar-refractivity contribution in [1.29, 1.82) is 0 Å². The molecule has 0 aromatic carbocycles. The van der Waals surface area contributed by atoms with Gasteiger partial charge < -0.3 is 5.73 Å². The molecule has 0 saturated heterocycles. The van der Waals surface area contributed by atoms with E-state index in [1.165, 1.54) is 17.7 Å². The molecule has 1 fully saturated rings. The number of Topliss-reactive ketones (excluding diaryl/α,β-unsaturated/α-hetero) is 1. The SMILES string of the molecule is Cc1cc(C(=O)C2(CN)CCCCCC2)cs1. The summed E-state index contributed by atoms with van der Waals surface area (Å²) in [4.78, 5) is 13.8. The van der Waals surface area contributed by atoms with Crippen LogP contribution in [0.25, 0.3) is 0 Å². The molecular formula is C14H21NOS. The van der Waals surface area contributed by atoms with Crippen LogP contribution in [0.15, 0.2) is 11.4 Å². The Morgan fingerprint density at radius 2 is 2.00 bits per heavy atom. The van der Waals surface area contributed by atoms with Crippen molar-refractivity contribution in [2.75, 3.05) is 6.54 Å². The zero-order valence-electron chi connectivity index (χ0n) is 10.5. The zero-order chi connectivity index (χ0) is 12.3. The number of ketones is 1. The molecule has 2 nitrogen and oxygen atoms in total. The third kappa shape index (κ3) is 2.61. The van der Waals surface area contributed by atoms with E-state index in [1.54, 1.807) is 11.3 Å². The second kappa shape index (κ2) is 5.32. The lowest BCUT2D eigenvalue weighted by Gasteiger charge is -2.29. The molecule has 0 amide bonds. The van der Waals surface area contributed by atoms with Crippen LogP contribution in [-0.2, 0) is 0 Å². The Hall–Kier alpha value is -0.670. The Labute approximate surface area is 107 Å². The van der Waals surface area contributed by atoms with E-state index in [0.717, 1.165) is 31.2 Å². The molecule has 2 N–H and O–H groups in total. The van der Waals surface area contributed by atoms with Gasteiger partial charge in [-0.2, -0.15) is 0 Å². The lowest BCUT2D eigenvalue weighted by molar-refractivity contribution is 0.0775. The molecule has 1 aliphatic rings. The van der Waals surface area contributed by atoms with Gasteiger partial charge in [-0.25, -0.2) is 0 Å². The second-order valence-electron chi connectivity index (χ2n) is 5.17. The maximum Gasteiger partial charge on any atom is 0.171 e. The van der Waals surface area contributed by atoms with E-state index in [1.807, 2.05) is 18.4 Å². The maximum atomic E-state index is 12.6. The average molecular weight is 251 g/mol. The number of carbonyl (C=O) groups excluding carboxylic acids is 1. The average Bonchev–Trinajstić information content (AvgIpc) is 2.64. The Morgan fingerprint density at radius 1 is 1.35 bits per heavy atom. The van der Waals surface area contributed by atoms with Crippen LogP contribution >= 0.6 is 11.3 Å². The fourth-order valence-electron chi connectivity index (χ4n) is 2.80. The van der Waals surface area contributed by atoms with Gasteiger partial charge in [-0.05, 0) is 25.8 Å². The third-order valence-electron chi connectivity index (χ3n) is 3.93. The highest BCUT2D eigenvalue weighted by molar-refractivity contribution is 7.10. The molecule has 1 saturated carbocycles. The summed E-state index contributed by atoms with van der Waals surface area (Å²) in [5, 5.41) is 1.99. The van der Waals surface area contributed by atoms with Crippen molar-refractivity contribution in [2.24, 2.45) is 11.1 Å². The normalized spacial score (nSPS) is 19.9. The molecule has 0 bridgehead atoms. The van der Waals surface area contributed by atoms with Gasteiger partial charge in [0.2, 0.25) is 0 Å². The van der Waals surface area contributed by atoms with Crippen LogP contribution < -0.4 is 5.73 Å². The van der Waals surface area contributed by atoms with Crippen LogP contribution in [-0.4, -0.2) is 12.3 Å². The van der Waals surface area contributed by atoms with E-state index in [-0.39, 0.29) is 11.2 Å². The number of rotatable bonds is 3. The Balaban J connectivity index is 2.24. The summed E-state index contributed by atoms with van der Waals surface area (Å²) in [6.45, 7) is 2.55. The van der Waals surface area contributed by atoms with E-state index in [4.69, 9.17) is 5.73 Å². The van der Waals surface area contributed by atoms with Crippen LogP contribution in [0.1, 0.15) is 53.8 Å². The van der Waals surface area contributed by atoms with E-state index < -0.39 is 0 Å². The summed E-state index contributed by atoms with van der Waals surface area (Å²) in [5.41, 5.74) is 6.54. The standard InChI is InChI=1S/C14H21NOS/c1-11-8-12(9-17-11)13(16)14(10-15)6-4-2-3-5-7-14/h8-9H,2-7,10,15H2,1H3. The number of carbonyl (C=O) groups is 1. The van der Waals surface area contributed by atoms with Gasteiger partial charge >= 0.3 is 0 Å². The molecule has 17 heavy (non-hydrogen) atoms. The number of hydrogen-bond acceptors (Lipinski definition) is 3. The first-order valence-corrected chi connectivity index (χ1v) is 7.36. The molecule has 94 valence electrons. The highest BCUT2D eigenvalue weighted by atomic mass is 32.1. The van der Waals surface area contributed by atoms with Gasteiger partial charge in [-0.15, -0.1) is 11.3 Å². The molecule has 0 unspecified atom stereocenters. The van der Waals surface area contributed by atoms with Gasteiger partial charge in [0.05, 0.1) is 0 Å². The molecule has 1 aromatic heterocycles. The van der Waals surface area contributed by atoms with Gasteiger partial charge in [-0.3, -0.25) is 4.79 Å². The highest BCUT2D eigenvalue weighted by Crippen LogP contribution is 2.37. The lowest BCUT2D eigenvalue weighted by Crippen LogP contribution is -2.38. The second-order valence-corrected chi connectivity index (χ2v) is 6.29. The van der Waals surface area contributed by atoms with Crippen molar-refractivity contribution in [3.63, 3.8) is 0 Å². The van der Waals surface area contributed by atoms with Gasteiger partial charge in [0.1, 0.15) is 0 Å². The summed E-state index contributed by atoms with van der Waals surface area (Å²) in [6.07, 6.45) is 6.72. The number of thiophene rings is 1. The van der Waals surface area contributed by atoms with Gasteiger partial charge in [0.15, 0.2) is 5.78 Å². The molecule has 1 heterocycles. The minimum absolute atomic E-state index is 0.274. The fraction of sp³-hybridized carbons (Fsp3) is 0.643. The van der Waals surface area contributed by atoms with E-state index in [2.05, 4.69) is 0 Å². The molecule has 3 heteroatoms. The summed E-state index contributed by atoms with van der Waals surface area (Å²) in [5.74, 6) is 0.284. The van der Waals surface area contributed by atoms with Gasteiger partial charge in [0, 0.05) is 27.8 Å². The van der Waals surface area contributed by atoms with Crippen LogP contribution in [0.4, 0.5) is 0 Å².